The quantitative estimate of drug-likeness (QED) is 0.723. The van der Waals surface area contributed by atoms with Crippen LogP contribution in [-0.4, -0.2) is 28.4 Å². The Bertz CT molecular complexity index is 430. The van der Waals surface area contributed by atoms with Crippen LogP contribution in [0.2, 0.25) is 0 Å². The van der Waals surface area contributed by atoms with Crippen LogP contribution in [0.15, 0.2) is 36.5 Å². The maximum atomic E-state index is 11.7. The van der Waals surface area contributed by atoms with Gasteiger partial charge in [-0.05, 0) is 12.1 Å². The second-order valence-electron chi connectivity index (χ2n) is 3.22. The van der Waals surface area contributed by atoms with Gasteiger partial charge in [0.2, 0.25) is 0 Å². The van der Waals surface area contributed by atoms with E-state index in [0.717, 1.165) is 4.90 Å². The first-order chi connectivity index (χ1) is 7.16. The monoisotopic (exact) mass is 203 g/mol. The summed E-state index contributed by atoms with van der Waals surface area (Å²) in [5.74, 6) is -0.843. The van der Waals surface area contributed by atoms with Crippen LogP contribution in [0.5, 0.6) is 0 Å². The Hall–Kier alpha value is -1.94. The summed E-state index contributed by atoms with van der Waals surface area (Å²) in [5.41, 5.74) is 0.815. The molecule has 76 valence electrons. The van der Waals surface area contributed by atoms with Crippen molar-refractivity contribution in [3.63, 3.8) is 0 Å². The van der Waals surface area contributed by atoms with Crippen molar-refractivity contribution in [2.75, 3.05) is 6.61 Å². The van der Waals surface area contributed by atoms with Gasteiger partial charge in [0.1, 0.15) is 0 Å². The number of amides is 2. The van der Waals surface area contributed by atoms with Gasteiger partial charge in [-0.2, -0.15) is 0 Å². The lowest BCUT2D eigenvalue weighted by Gasteiger charge is -2.13. The van der Waals surface area contributed by atoms with Crippen LogP contribution in [0, 0.1) is 0 Å². The SMILES string of the molecule is C=C(CO)N1C(=O)c2ccccc2C1=O. The molecule has 0 bridgehead atoms. The van der Waals surface area contributed by atoms with E-state index in [2.05, 4.69) is 6.58 Å². The zero-order chi connectivity index (χ0) is 11.0. The highest BCUT2D eigenvalue weighted by Crippen LogP contribution is 2.24. The Labute approximate surface area is 86.4 Å². The average Bonchev–Trinajstić information content (AvgIpc) is 2.52. The first-order valence-corrected chi connectivity index (χ1v) is 4.43. The molecule has 0 atom stereocenters. The lowest BCUT2D eigenvalue weighted by atomic mass is 10.1. The van der Waals surface area contributed by atoms with Crippen LogP contribution in [0.4, 0.5) is 0 Å². The lowest BCUT2D eigenvalue weighted by molar-refractivity contribution is 0.0685. The van der Waals surface area contributed by atoms with Crippen molar-refractivity contribution in [1.29, 1.82) is 0 Å². The largest absolute Gasteiger partial charge is 0.390 e. The van der Waals surface area contributed by atoms with Crippen LogP contribution >= 0.6 is 0 Å². The fourth-order valence-corrected chi connectivity index (χ4v) is 1.55. The van der Waals surface area contributed by atoms with Crippen molar-refractivity contribution in [3.8, 4) is 0 Å². The Kier molecular flexibility index (Phi) is 2.13. The standard InChI is InChI=1S/C11H9NO3/c1-7(6-13)12-10(14)8-4-2-3-5-9(8)11(12)15/h2-5,13H,1,6H2. The number of fused-ring (bicyclic) bond motifs is 1. The number of nitrogens with zero attached hydrogens (tertiary/aromatic N) is 1. The fourth-order valence-electron chi connectivity index (χ4n) is 1.55. The Balaban J connectivity index is 2.50. The van der Waals surface area contributed by atoms with Crippen LogP contribution in [0.1, 0.15) is 20.7 Å². The summed E-state index contributed by atoms with van der Waals surface area (Å²) >= 11 is 0. The van der Waals surface area contributed by atoms with Crippen molar-refractivity contribution in [3.05, 3.63) is 47.7 Å². The third-order valence-corrected chi connectivity index (χ3v) is 2.29. The zero-order valence-corrected chi connectivity index (χ0v) is 7.93. The topological polar surface area (TPSA) is 57.6 Å². The van der Waals surface area contributed by atoms with Crippen LogP contribution in [-0.2, 0) is 0 Å². The van der Waals surface area contributed by atoms with Gasteiger partial charge in [-0.15, -0.1) is 0 Å². The molecule has 0 fully saturated rings. The van der Waals surface area contributed by atoms with Crippen molar-refractivity contribution >= 4 is 11.8 Å². The number of rotatable bonds is 2. The molecule has 0 aliphatic carbocycles. The van der Waals surface area contributed by atoms with Gasteiger partial charge in [-0.3, -0.25) is 9.59 Å². The highest BCUT2D eigenvalue weighted by molar-refractivity contribution is 6.22. The zero-order valence-electron chi connectivity index (χ0n) is 7.93. The molecule has 0 aromatic heterocycles. The number of benzene rings is 1. The second kappa shape index (κ2) is 3.33. The maximum Gasteiger partial charge on any atom is 0.265 e. The maximum absolute atomic E-state index is 11.7. The van der Waals surface area contributed by atoms with E-state index >= 15 is 0 Å². The van der Waals surface area contributed by atoms with E-state index < -0.39 is 18.4 Å². The number of imide groups is 1. The molecule has 15 heavy (non-hydrogen) atoms. The fraction of sp³-hybridized carbons (Fsp3) is 0.0909. The Morgan fingerprint density at radius 3 is 2.07 bits per heavy atom. The molecule has 1 aliphatic heterocycles. The van der Waals surface area contributed by atoms with Gasteiger partial charge in [0.25, 0.3) is 11.8 Å². The number of carbonyl (C=O) groups excluding carboxylic acids is 2. The van der Waals surface area contributed by atoms with Gasteiger partial charge in [0.15, 0.2) is 0 Å². The first-order valence-electron chi connectivity index (χ1n) is 4.43. The van der Waals surface area contributed by atoms with E-state index in [1.54, 1.807) is 24.3 Å². The molecule has 1 heterocycles. The Morgan fingerprint density at radius 2 is 1.67 bits per heavy atom. The van der Waals surface area contributed by atoms with Gasteiger partial charge in [-0.25, -0.2) is 4.90 Å². The van der Waals surface area contributed by atoms with Crippen LogP contribution < -0.4 is 0 Å². The van der Waals surface area contributed by atoms with Gasteiger partial charge < -0.3 is 5.11 Å². The molecule has 1 aromatic rings. The highest BCUT2D eigenvalue weighted by Gasteiger charge is 2.36. The normalized spacial score (nSPS) is 14.3. The summed E-state index contributed by atoms with van der Waals surface area (Å²) in [6.45, 7) is 3.06. The van der Waals surface area contributed by atoms with Crippen LogP contribution in [0.3, 0.4) is 0 Å². The van der Waals surface area contributed by atoms with E-state index in [0.29, 0.717) is 11.1 Å². The third-order valence-electron chi connectivity index (χ3n) is 2.29. The summed E-state index contributed by atoms with van der Waals surface area (Å²) < 4.78 is 0. The van der Waals surface area contributed by atoms with E-state index in [9.17, 15) is 9.59 Å². The molecule has 0 radical (unpaired) electrons. The molecule has 2 rings (SSSR count). The minimum absolute atomic E-state index is 0.0983. The molecular weight excluding hydrogens is 194 g/mol. The number of hydrogen-bond donors (Lipinski definition) is 1. The van der Waals surface area contributed by atoms with Gasteiger partial charge >= 0.3 is 0 Å². The second-order valence-corrected chi connectivity index (χ2v) is 3.22. The molecule has 0 saturated carbocycles. The molecule has 0 unspecified atom stereocenters. The van der Waals surface area contributed by atoms with Crippen molar-refractivity contribution in [2.24, 2.45) is 0 Å². The number of carbonyl (C=O) groups is 2. The van der Waals surface area contributed by atoms with Crippen molar-refractivity contribution in [2.45, 2.75) is 0 Å². The molecule has 4 heteroatoms. The van der Waals surface area contributed by atoms with Gasteiger partial charge in [0, 0.05) is 5.70 Å². The molecule has 2 amide bonds. The number of aliphatic hydroxyl groups excluding tert-OH is 1. The van der Waals surface area contributed by atoms with E-state index in [4.69, 9.17) is 5.11 Å². The van der Waals surface area contributed by atoms with E-state index in [-0.39, 0.29) is 5.70 Å². The molecule has 0 spiro atoms. The Morgan fingerprint density at radius 1 is 1.20 bits per heavy atom. The number of hydrogen-bond acceptors (Lipinski definition) is 3. The third kappa shape index (κ3) is 1.27. The molecule has 1 aromatic carbocycles. The summed E-state index contributed by atoms with van der Waals surface area (Å²) in [7, 11) is 0. The lowest BCUT2D eigenvalue weighted by Crippen LogP contribution is -2.29. The molecule has 1 aliphatic rings. The number of aliphatic hydroxyl groups is 1. The van der Waals surface area contributed by atoms with E-state index in [1.807, 2.05) is 0 Å². The summed E-state index contributed by atoms with van der Waals surface area (Å²) in [4.78, 5) is 24.4. The van der Waals surface area contributed by atoms with Crippen LogP contribution in [0.25, 0.3) is 0 Å². The van der Waals surface area contributed by atoms with Gasteiger partial charge in [0.05, 0.1) is 17.7 Å². The smallest absolute Gasteiger partial charge is 0.265 e. The summed E-state index contributed by atoms with van der Waals surface area (Å²) in [6, 6.07) is 6.55. The predicted octanol–water partition coefficient (Wildman–Crippen LogP) is 0.789. The molecule has 0 saturated heterocycles. The average molecular weight is 203 g/mol. The van der Waals surface area contributed by atoms with Crippen molar-refractivity contribution < 1.29 is 14.7 Å². The van der Waals surface area contributed by atoms with E-state index in [1.165, 1.54) is 0 Å². The molecule has 4 nitrogen and oxygen atoms in total. The van der Waals surface area contributed by atoms with Crippen molar-refractivity contribution in [1.82, 2.24) is 4.90 Å². The predicted molar refractivity (Wildman–Crippen MR) is 53.2 cm³/mol. The minimum atomic E-state index is -0.422. The summed E-state index contributed by atoms with van der Waals surface area (Å²) in [5, 5.41) is 8.86. The molecule has 1 N–H and O–H groups in total. The highest BCUT2D eigenvalue weighted by atomic mass is 16.3. The van der Waals surface area contributed by atoms with Gasteiger partial charge in [-0.1, -0.05) is 18.7 Å². The molecular formula is C11H9NO3. The summed E-state index contributed by atoms with van der Waals surface area (Å²) in [6.07, 6.45) is 0. The minimum Gasteiger partial charge on any atom is -0.390 e. The first kappa shape index (κ1) is 9.61.